The fourth-order valence-electron chi connectivity index (χ4n) is 6.07. The highest BCUT2D eigenvalue weighted by atomic mass is 19.1. The highest BCUT2D eigenvalue weighted by Crippen LogP contribution is 2.56. The molecule has 1 atom stereocenters. The fraction of sp³-hybridized carbons (Fsp3) is 0.194. The van der Waals surface area contributed by atoms with Crippen molar-refractivity contribution in [1.29, 1.82) is 0 Å². The van der Waals surface area contributed by atoms with E-state index in [-0.39, 0.29) is 17.0 Å². The molecule has 4 aromatic rings. The van der Waals surface area contributed by atoms with Gasteiger partial charge in [-0.15, -0.1) is 0 Å². The first-order valence-electron chi connectivity index (χ1n) is 12.1. The summed E-state index contributed by atoms with van der Waals surface area (Å²) in [5.74, 6) is -1.54. The van der Waals surface area contributed by atoms with Crippen LogP contribution in [0.1, 0.15) is 54.2 Å². The highest BCUT2D eigenvalue weighted by molar-refractivity contribution is 6.36. The fourth-order valence-corrected chi connectivity index (χ4v) is 6.07. The van der Waals surface area contributed by atoms with Crippen molar-refractivity contribution in [3.8, 4) is 0 Å². The number of fused-ring (bicyclic) bond motifs is 1. The zero-order chi connectivity index (χ0) is 26.1. The lowest BCUT2D eigenvalue weighted by molar-refractivity contribution is -0.114. The number of nitrogens with zero attached hydrogens (tertiary/aromatic N) is 1. The zero-order valence-electron chi connectivity index (χ0n) is 20.7. The van der Waals surface area contributed by atoms with Gasteiger partial charge in [-0.25, -0.2) is 9.18 Å². The molecule has 3 aromatic carbocycles. The van der Waals surface area contributed by atoms with Gasteiger partial charge in [0.05, 0.1) is 11.3 Å². The molecule has 1 aromatic heterocycles. The van der Waals surface area contributed by atoms with Gasteiger partial charge in [0.25, 0.3) is 5.91 Å². The average Bonchev–Trinajstić information content (AvgIpc) is 3.14. The van der Waals surface area contributed by atoms with Crippen molar-refractivity contribution >= 4 is 33.9 Å². The van der Waals surface area contributed by atoms with E-state index in [1.54, 1.807) is 29.2 Å². The Labute approximate surface area is 212 Å². The van der Waals surface area contributed by atoms with Gasteiger partial charge in [-0.3, -0.25) is 9.59 Å². The molecule has 0 radical (unpaired) electrons. The van der Waals surface area contributed by atoms with Crippen molar-refractivity contribution in [3.05, 3.63) is 117 Å². The van der Waals surface area contributed by atoms with E-state index in [2.05, 4.69) is 6.92 Å². The molecule has 1 unspecified atom stereocenters. The smallest absolute Gasteiger partial charge is 0.347 e. The van der Waals surface area contributed by atoms with E-state index >= 15 is 4.39 Å². The Hall–Kier alpha value is -4.32. The van der Waals surface area contributed by atoms with Crippen LogP contribution in [0.5, 0.6) is 0 Å². The molecular formula is C31H24FNO4. The summed E-state index contributed by atoms with van der Waals surface area (Å²) in [5, 5.41) is 0.592. The number of benzene rings is 3. The number of ketones is 1. The first kappa shape index (κ1) is 23.1. The molecule has 0 bridgehead atoms. The number of amides is 1. The van der Waals surface area contributed by atoms with Crippen LogP contribution in [0.4, 0.5) is 10.1 Å². The Balaban J connectivity index is 1.55. The number of para-hydroxylation sites is 1. The van der Waals surface area contributed by atoms with E-state index in [0.717, 1.165) is 11.6 Å². The number of halogens is 1. The average molecular weight is 494 g/mol. The van der Waals surface area contributed by atoms with Crippen molar-refractivity contribution < 1.29 is 18.4 Å². The number of rotatable bonds is 3. The molecule has 3 heterocycles. The van der Waals surface area contributed by atoms with E-state index in [0.29, 0.717) is 34.2 Å². The molecule has 0 saturated carbocycles. The van der Waals surface area contributed by atoms with Crippen LogP contribution in [0.3, 0.4) is 0 Å². The van der Waals surface area contributed by atoms with Gasteiger partial charge in [0.2, 0.25) is 0 Å². The molecule has 184 valence electrons. The van der Waals surface area contributed by atoms with Crippen molar-refractivity contribution in [2.45, 2.75) is 38.1 Å². The van der Waals surface area contributed by atoms with E-state index in [1.807, 2.05) is 44.2 Å². The van der Waals surface area contributed by atoms with Crippen LogP contribution in [0.2, 0.25) is 0 Å². The van der Waals surface area contributed by atoms with Gasteiger partial charge in [-0.2, -0.15) is 0 Å². The minimum atomic E-state index is -0.788. The first-order valence-corrected chi connectivity index (χ1v) is 12.1. The Kier molecular flexibility index (Phi) is 4.89. The van der Waals surface area contributed by atoms with Crippen molar-refractivity contribution in [2.75, 3.05) is 4.90 Å². The second-order valence-electron chi connectivity index (χ2n) is 10.6. The maximum absolute atomic E-state index is 15.1. The number of allylic oxidation sites excluding steroid dienone is 1. The molecule has 2 aliphatic heterocycles. The van der Waals surface area contributed by atoms with E-state index in [9.17, 15) is 14.4 Å². The summed E-state index contributed by atoms with van der Waals surface area (Å²) >= 11 is 0. The lowest BCUT2D eigenvalue weighted by atomic mass is 9.65. The summed E-state index contributed by atoms with van der Waals surface area (Å²) in [4.78, 5) is 41.4. The van der Waals surface area contributed by atoms with Gasteiger partial charge in [0.1, 0.15) is 17.0 Å². The molecule has 6 heteroatoms. The van der Waals surface area contributed by atoms with Crippen LogP contribution in [0.15, 0.2) is 88.1 Å². The van der Waals surface area contributed by atoms with E-state index in [4.69, 9.17) is 4.42 Å². The quantitative estimate of drug-likeness (QED) is 0.198. The predicted octanol–water partition coefficient (Wildman–Crippen LogP) is 6.03. The molecule has 2 aliphatic rings. The molecule has 0 spiro atoms. The van der Waals surface area contributed by atoms with E-state index in [1.165, 1.54) is 18.2 Å². The molecular weight excluding hydrogens is 469 g/mol. The van der Waals surface area contributed by atoms with Crippen LogP contribution < -0.4 is 10.5 Å². The summed E-state index contributed by atoms with van der Waals surface area (Å²) in [6, 6.07) is 21.0. The second-order valence-corrected chi connectivity index (χ2v) is 10.6. The van der Waals surface area contributed by atoms with Crippen molar-refractivity contribution in [3.63, 3.8) is 0 Å². The van der Waals surface area contributed by atoms with Gasteiger partial charge in [0.15, 0.2) is 5.78 Å². The normalized spacial score (nSPS) is 20.9. The van der Waals surface area contributed by atoms with Gasteiger partial charge in [0, 0.05) is 21.9 Å². The third-order valence-electron chi connectivity index (χ3n) is 7.60. The third-order valence-corrected chi connectivity index (χ3v) is 7.60. The number of anilines is 1. The van der Waals surface area contributed by atoms with Crippen molar-refractivity contribution in [1.82, 2.24) is 0 Å². The first-order chi connectivity index (χ1) is 17.6. The Morgan fingerprint density at radius 2 is 1.68 bits per heavy atom. The standard InChI is InChI=1S/C31H24FNO4/c1-30(2)17-31(3,19-10-5-4-6-11-19)24-15-20(32)14-21-22(28(35)33(30)27(21)24)16-25(34)23-13-18-9-7-8-12-26(18)37-29(23)36/h4-16H,17H2,1-3H3/b22-16-. The molecule has 0 saturated heterocycles. The molecule has 0 N–H and O–H groups in total. The topological polar surface area (TPSA) is 67.6 Å². The molecule has 6 rings (SSSR count). The highest BCUT2D eigenvalue weighted by Gasteiger charge is 2.53. The van der Waals surface area contributed by atoms with Gasteiger partial charge >= 0.3 is 5.63 Å². The lowest BCUT2D eigenvalue weighted by Crippen LogP contribution is -2.54. The minimum absolute atomic E-state index is 0.0682. The largest absolute Gasteiger partial charge is 0.422 e. The summed E-state index contributed by atoms with van der Waals surface area (Å²) in [7, 11) is 0. The Morgan fingerprint density at radius 1 is 0.973 bits per heavy atom. The molecule has 5 nitrogen and oxygen atoms in total. The number of hydrogen-bond donors (Lipinski definition) is 0. The Bertz CT molecular complexity index is 1720. The lowest BCUT2D eigenvalue weighted by Gasteiger charge is -2.49. The second kappa shape index (κ2) is 7.84. The van der Waals surface area contributed by atoms with Crippen molar-refractivity contribution in [2.24, 2.45) is 0 Å². The van der Waals surface area contributed by atoms with Crippen LogP contribution in [0, 0.1) is 5.82 Å². The summed E-state index contributed by atoms with van der Waals surface area (Å²) in [6.45, 7) is 6.02. The number of carbonyl (C=O) groups is 2. The summed E-state index contributed by atoms with van der Waals surface area (Å²) < 4.78 is 20.4. The Morgan fingerprint density at radius 3 is 2.43 bits per heavy atom. The van der Waals surface area contributed by atoms with Gasteiger partial charge in [-0.05, 0) is 61.7 Å². The zero-order valence-corrected chi connectivity index (χ0v) is 20.7. The SMILES string of the molecule is CC1(c2ccccc2)CC(C)(C)N2C(=O)/C(=C\C(=O)c3cc4ccccc4oc3=O)c3cc(F)cc1c32. The minimum Gasteiger partial charge on any atom is -0.422 e. The van der Waals surface area contributed by atoms with E-state index < -0.39 is 28.2 Å². The maximum atomic E-state index is 15.1. The van der Waals surface area contributed by atoms with Crippen LogP contribution in [-0.2, 0) is 10.2 Å². The number of carbonyl (C=O) groups excluding carboxylic acids is 2. The summed E-state index contributed by atoms with van der Waals surface area (Å²) in [6.07, 6.45) is 1.70. The molecule has 37 heavy (non-hydrogen) atoms. The predicted molar refractivity (Wildman–Crippen MR) is 140 cm³/mol. The van der Waals surface area contributed by atoms with Crippen LogP contribution in [0.25, 0.3) is 16.5 Å². The van der Waals surface area contributed by atoms with Crippen LogP contribution >= 0.6 is 0 Å². The monoisotopic (exact) mass is 493 g/mol. The van der Waals surface area contributed by atoms with Gasteiger partial charge in [-0.1, -0.05) is 55.5 Å². The molecule has 1 amide bonds. The summed E-state index contributed by atoms with van der Waals surface area (Å²) in [5.41, 5.74) is 0.959. The number of hydrogen-bond acceptors (Lipinski definition) is 4. The molecule has 0 aliphatic carbocycles. The van der Waals surface area contributed by atoms with Gasteiger partial charge < -0.3 is 9.32 Å². The van der Waals surface area contributed by atoms with Crippen LogP contribution in [-0.4, -0.2) is 17.2 Å². The molecule has 0 fully saturated rings. The maximum Gasteiger partial charge on any atom is 0.347 e. The third kappa shape index (κ3) is 3.39.